The molecule has 0 radical (unpaired) electrons. The molecule has 0 saturated heterocycles. The second-order valence-electron chi connectivity index (χ2n) is 4.95. The van der Waals surface area contributed by atoms with Gasteiger partial charge in [0.2, 0.25) is 0 Å². The summed E-state index contributed by atoms with van der Waals surface area (Å²) >= 11 is 0. The normalized spacial score (nSPS) is 15.9. The smallest absolute Gasteiger partial charge is 0.261 e. The van der Waals surface area contributed by atoms with Crippen LogP contribution in [0.2, 0.25) is 0 Å². The third-order valence-electron chi connectivity index (χ3n) is 3.47. The first kappa shape index (κ1) is 14.3. The fraction of sp³-hybridized carbons (Fsp3) is 0.462. The highest BCUT2D eigenvalue weighted by atomic mass is 35.7. The molecule has 4 nitrogen and oxygen atoms in total. The number of carbonyl (C=O) groups excluding carboxylic acids is 1. The molecule has 1 aromatic rings. The maximum atomic E-state index is 12.2. The van der Waals surface area contributed by atoms with E-state index in [1.807, 2.05) is 0 Å². The molecule has 1 aliphatic rings. The van der Waals surface area contributed by atoms with Crippen molar-refractivity contribution in [2.75, 3.05) is 13.6 Å². The van der Waals surface area contributed by atoms with E-state index in [9.17, 15) is 13.2 Å². The molecule has 104 valence electrons. The Morgan fingerprint density at radius 3 is 2.63 bits per heavy atom. The number of amides is 1. The Labute approximate surface area is 117 Å². The zero-order valence-electron chi connectivity index (χ0n) is 10.7. The summed E-state index contributed by atoms with van der Waals surface area (Å²) in [4.78, 5) is 13.8. The number of benzene rings is 1. The van der Waals surface area contributed by atoms with Crippen LogP contribution >= 0.6 is 10.7 Å². The van der Waals surface area contributed by atoms with Crippen molar-refractivity contribution < 1.29 is 13.2 Å². The molecule has 1 aliphatic carbocycles. The fourth-order valence-corrected chi connectivity index (χ4v) is 2.94. The molecule has 0 bridgehead atoms. The predicted octanol–water partition coefficient (Wildman–Crippen LogP) is 2.49. The van der Waals surface area contributed by atoms with Crippen molar-refractivity contribution in [3.8, 4) is 0 Å². The van der Waals surface area contributed by atoms with E-state index in [-0.39, 0.29) is 10.8 Å². The van der Waals surface area contributed by atoms with Gasteiger partial charge < -0.3 is 4.90 Å². The second kappa shape index (κ2) is 5.51. The summed E-state index contributed by atoms with van der Waals surface area (Å²) in [6.45, 7) is 0.719. The molecule has 6 heteroatoms. The summed E-state index contributed by atoms with van der Waals surface area (Å²) < 4.78 is 22.5. The van der Waals surface area contributed by atoms with E-state index in [1.54, 1.807) is 18.0 Å². The Balaban J connectivity index is 2.14. The van der Waals surface area contributed by atoms with E-state index < -0.39 is 9.05 Å². The van der Waals surface area contributed by atoms with Crippen LogP contribution in [-0.2, 0) is 9.05 Å². The minimum Gasteiger partial charge on any atom is -0.341 e. The molecule has 0 aromatic heterocycles. The van der Waals surface area contributed by atoms with Crippen molar-refractivity contribution in [3.05, 3.63) is 29.8 Å². The van der Waals surface area contributed by atoms with Crippen molar-refractivity contribution >= 4 is 25.6 Å². The molecule has 0 aliphatic heterocycles. The summed E-state index contributed by atoms with van der Waals surface area (Å²) in [5, 5.41) is 0. The van der Waals surface area contributed by atoms with Crippen LogP contribution in [0.25, 0.3) is 0 Å². The second-order valence-corrected chi connectivity index (χ2v) is 7.51. The number of halogens is 1. The van der Waals surface area contributed by atoms with Crippen LogP contribution < -0.4 is 0 Å². The van der Waals surface area contributed by atoms with Gasteiger partial charge in [-0.2, -0.15) is 0 Å². The molecule has 1 saturated carbocycles. The summed E-state index contributed by atoms with van der Waals surface area (Å²) in [5.41, 5.74) is 0.351. The van der Waals surface area contributed by atoms with Gasteiger partial charge in [0, 0.05) is 29.8 Å². The number of hydrogen-bond donors (Lipinski definition) is 0. The Bertz CT molecular complexity index is 581. The van der Waals surface area contributed by atoms with Crippen LogP contribution in [0.3, 0.4) is 0 Å². The van der Waals surface area contributed by atoms with Crippen molar-refractivity contribution in [1.82, 2.24) is 4.90 Å². The summed E-state index contributed by atoms with van der Waals surface area (Å²) in [6, 6.07) is 5.83. The summed E-state index contributed by atoms with van der Waals surface area (Å²) in [5.74, 6) is 0.406. The Kier molecular flexibility index (Phi) is 4.16. The van der Waals surface area contributed by atoms with Crippen molar-refractivity contribution in [3.63, 3.8) is 0 Å². The Hall–Kier alpha value is -1.07. The Morgan fingerprint density at radius 2 is 2.11 bits per heavy atom. The first-order chi connectivity index (χ1) is 8.88. The molecule has 0 heterocycles. The van der Waals surface area contributed by atoms with E-state index in [1.165, 1.54) is 24.6 Å². The highest BCUT2D eigenvalue weighted by Gasteiger charge is 2.22. The van der Waals surface area contributed by atoms with Gasteiger partial charge in [-0.1, -0.05) is 12.5 Å². The van der Waals surface area contributed by atoms with Crippen LogP contribution in [0, 0.1) is 5.92 Å². The minimum absolute atomic E-state index is 0.0444. The molecule has 0 N–H and O–H groups in total. The first-order valence-corrected chi connectivity index (χ1v) is 8.49. The van der Waals surface area contributed by atoms with Crippen molar-refractivity contribution in [2.45, 2.75) is 24.2 Å². The number of nitrogens with zero attached hydrogens (tertiary/aromatic N) is 1. The molecule has 19 heavy (non-hydrogen) atoms. The molecule has 1 aromatic carbocycles. The molecule has 0 unspecified atom stereocenters. The third-order valence-corrected chi connectivity index (χ3v) is 4.82. The lowest BCUT2D eigenvalue weighted by Gasteiger charge is -2.30. The van der Waals surface area contributed by atoms with Gasteiger partial charge in [-0.3, -0.25) is 4.79 Å². The van der Waals surface area contributed by atoms with Crippen molar-refractivity contribution in [1.29, 1.82) is 0 Å². The lowest BCUT2D eigenvalue weighted by atomic mass is 9.85. The lowest BCUT2D eigenvalue weighted by Crippen LogP contribution is -2.34. The molecular weight excluding hydrogens is 286 g/mol. The van der Waals surface area contributed by atoms with E-state index in [2.05, 4.69) is 0 Å². The van der Waals surface area contributed by atoms with Crippen LogP contribution in [0.1, 0.15) is 29.6 Å². The highest BCUT2D eigenvalue weighted by molar-refractivity contribution is 8.13. The van der Waals surface area contributed by atoms with E-state index >= 15 is 0 Å². The van der Waals surface area contributed by atoms with E-state index in [4.69, 9.17) is 10.7 Å². The van der Waals surface area contributed by atoms with Gasteiger partial charge in [0.15, 0.2) is 0 Å². The summed E-state index contributed by atoms with van der Waals surface area (Å²) in [6.07, 6.45) is 3.55. The maximum absolute atomic E-state index is 12.2. The van der Waals surface area contributed by atoms with Crippen molar-refractivity contribution in [2.24, 2.45) is 5.92 Å². The quantitative estimate of drug-likeness (QED) is 0.803. The zero-order chi connectivity index (χ0) is 14.0. The largest absolute Gasteiger partial charge is 0.341 e. The Morgan fingerprint density at radius 1 is 1.42 bits per heavy atom. The molecule has 0 spiro atoms. The molecule has 1 fully saturated rings. The van der Waals surface area contributed by atoms with Crippen LogP contribution in [0.5, 0.6) is 0 Å². The highest BCUT2D eigenvalue weighted by Crippen LogP contribution is 2.27. The number of hydrogen-bond acceptors (Lipinski definition) is 3. The zero-order valence-corrected chi connectivity index (χ0v) is 12.2. The monoisotopic (exact) mass is 301 g/mol. The first-order valence-electron chi connectivity index (χ1n) is 6.18. The van der Waals surface area contributed by atoms with Crippen LogP contribution in [0.4, 0.5) is 0 Å². The lowest BCUT2D eigenvalue weighted by molar-refractivity contribution is 0.0745. The average molecular weight is 302 g/mol. The SMILES string of the molecule is CN(CC1CCC1)C(=O)c1cccc(S(=O)(=O)Cl)c1. The van der Waals surface area contributed by atoms with Gasteiger partial charge >= 0.3 is 0 Å². The molecular formula is C13H16ClNO3S. The fourth-order valence-electron chi connectivity index (χ4n) is 2.15. The van der Waals surface area contributed by atoms with E-state index in [0.717, 1.165) is 19.4 Å². The molecule has 0 atom stereocenters. The van der Waals surface area contributed by atoms with E-state index in [0.29, 0.717) is 11.5 Å². The van der Waals surface area contributed by atoms with Crippen LogP contribution in [0.15, 0.2) is 29.2 Å². The van der Waals surface area contributed by atoms with Gasteiger partial charge in [-0.25, -0.2) is 8.42 Å². The third kappa shape index (κ3) is 3.48. The minimum atomic E-state index is -3.80. The van der Waals surface area contributed by atoms with Crippen LogP contribution in [-0.4, -0.2) is 32.8 Å². The van der Waals surface area contributed by atoms with Gasteiger partial charge in [-0.15, -0.1) is 0 Å². The maximum Gasteiger partial charge on any atom is 0.261 e. The molecule has 1 amide bonds. The topological polar surface area (TPSA) is 54.5 Å². The van der Waals surface area contributed by atoms with Gasteiger partial charge in [0.05, 0.1) is 4.90 Å². The molecule has 2 rings (SSSR count). The predicted molar refractivity (Wildman–Crippen MR) is 73.8 cm³/mol. The standard InChI is InChI=1S/C13H16ClNO3S/c1-15(9-10-4-2-5-10)13(16)11-6-3-7-12(8-11)19(14,17)18/h3,6-8,10H,2,4-5,9H2,1H3. The number of rotatable bonds is 4. The van der Waals surface area contributed by atoms with Gasteiger partial charge in [-0.05, 0) is 37.0 Å². The van der Waals surface area contributed by atoms with Gasteiger partial charge in [0.25, 0.3) is 15.0 Å². The average Bonchev–Trinajstić information content (AvgIpc) is 2.31. The van der Waals surface area contributed by atoms with Gasteiger partial charge in [0.1, 0.15) is 0 Å². The summed E-state index contributed by atoms with van der Waals surface area (Å²) in [7, 11) is 3.22. The number of carbonyl (C=O) groups is 1.